The molecule has 4 nitrogen and oxygen atoms in total. The number of thiophene rings is 1. The Balaban J connectivity index is 1.61. The lowest BCUT2D eigenvalue weighted by Gasteiger charge is -2.09. The van der Waals surface area contributed by atoms with Gasteiger partial charge in [-0.2, -0.15) is 0 Å². The standard InChI is InChI=1S/C21H14F2N2O2S/c1-12-18(15(11-28-12)21-24-9-10-27-21)13-5-7-14(8-6-13)25-20(26)19-16(22)3-2-4-17(19)23/h2-11H,1H3,(H,25,26). The van der Waals surface area contributed by atoms with Gasteiger partial charge < -0.3 is 9.73 Å². The molecule has 1 N–H and O–H groups in total. The van der Waals surface area contributed by atoms with Gasteiger partial charge in [-0.3, -0.25) is 4.79 Å². The summed E-state index contributed by atoms with van der Waals surface area (Å²) in [5.41, 5.74) is 2.62. The summed E-state index contributed by atoms with van der Waals surface area (Å²) >= 11 is 1.59. The first-order chi connectivity index (χ1) is 13.5. The van der Waals surface area contributed by atoms with E-state index in [-0.39, 0.29) is 0 Å². The highest BCUT2D eigenvalue weighted by atomic mass is 32.1. The summed E-state index contributed by atoms with van der Waals surface area (Å²) in [7, 11) is 0. The molecule has 2 heterocycles. The Bertz CT molecular complexity index is 1120. The quantitative estimate of drug-likeness (QED) is 0.467. The van der Waals surface area contributed by atoms with Crippen LogP contribution >= 0.6 is 11.3 Å². The zero-order valence-electron chi connectivity index (χ0n) is 14.7. The van der Waals surface area contributed by atoms with Gasteiger partial charge in [0.1, 0.15) is 23.5 Å². The van der Waals surface area contributed by atoms with Gasteiger partial charge in [-0.1, -0.05) is 18.2 Å². The van der Waals surface area contributed by atoms with Crippen LogP contribution in [0.3, 0.4) is 0 Å². The van der Waals surface area contributed by atoms with Gasteiger partial charge in [0.05, 0.1) is 11.8 Å². The molecule has 0 saturated heterocycles. The fourth-order valence-corrected chi connectivity index (χ4v) is 3.81. The van der Waals surface area contributed by atoms with E-state index in [0.29, 0.717) is 11.6 Å². The monoisotopic (exact) mass is 396 g/mol. The summed E-state index contributed by atoms with van der Waals surface area (Å²) in [4.78, 5) is 17.5. The van der Waals surface area contributed by atoms with Gasteiger partial charge in [-0.15, -0.1) is 11.3 Å². The Morgan fingerprint density at radius 1 is 1.11 bits per heavy atom. The maximum absolute atomic E-state index is 13.8. The molecule has 0 aliphatic rings. The predicted octanol–water partition coefficient (Wildman–Crippen LogP) is 5.91. The number of aromatic nitrogens is 1. The van der Waals surface area contributed by atoms with Crippen LogP contribution in [0.2, 0.25) is 0 Å². The van der Waals surface area contributed by atoms with Crippen LogP contribution in [0.4, 0.5) is 14.5 Å². The average Bonchev–Trinajstić information content (AvgIpc) is 3.32. The van der Waals surface area contributed by atoms with Gasteiger partial charge in [0.2, 0.25) is 5.89 Å². The second-order valence-corrected chi connectivity index (χ2v) is 7.13. The van der Waals surface area contributed by atoms with Gasteiger partial charge in [0.15, 0.2) is 0 Å². The molecule has 0 radical (unpaired) electrons. The third-order valence-electron chi connectivity index (χ3n) is 4.26. The third-order valence-corrected chi connectivity index (χ3v) is 5.17. The fourth-order valence-electron chi connectivity index (χ4n) is 2.96. The van der Waals surface area contributed by atoms with Crippen LogP contribution < -0.4 is 5.32 Å². The molecule has 0 bridgehead atoms. The normalized spacial score (nSPS) is 10.8. The van der Waals surface area contributed by atoms with Crippen molar-refractivity contribution >= 4 is 22.9 Å². The summed E-state index contributed by atoms with van der Waals surface area (Å²) in [6.45, 7) is 2.00. The number of oxazole rings is 1. The molecule has 0 aliphatic carbocycles. The number of aryl methyl sites for hydroxylation is 1. The highest BCUT2D eigenvalue weighted by Gasteiger charge is 2.18. The minimum atomic E-state index is -0.904. The van der Waals surface area contributed by atoms with Gasteiger partial charge >= 0.3 is 0 Å². The Morgan fingerprint density at radius 2 is 1.82 bits per heavy atom. The highest BCUT2D eigenvalue weighted by molar-refractivity contribution is 7.10. The number of amides is 1. The predicted molar refractivity (Wildman–Crippen MR) is 104 cm³/mol. The molecule has 4 rings (SSSR count). The molecule has 0 fully saturated rings. The number of benzene rings is 2. The first-order valence-electron chi connectivity index (χ1n) is 8.38. The van der Waals surface area contributed by atoms with Crippen LogP contribution in [0.5, 0.6) is 0 Å². The van der Waals surface area contributed by atoms with Crippen molar-refractivity contribution in [3.63, 3.8) is 0 Å². The molecular formula is C21H14F2N2O2S. The van der Waals surface area contributed by atoms with Gasteiger partial charge in [0.25, 0.3) is 5.91 Å². The summed E-state index contributed by atoms with van der Waals surface area (Å²) < 4.78 is 32.9. The molecule has 0 saturated carbocycles. The molecule has 2 aromatic heterocycles. The average molecular weight is 396 g/mol. The number of halogens is 2. The number of anilines is 1. The van der Waals surface area contributed by atoms with Crippen molar-refractivity contribution in [3.05, 3.63) is 82.4 Å². The number of hydrogen-bond acceptors (Lipinski definition) is 4. The fraction of sp³-hybridized carbons (Fsp3) is 0.0476. The molecule has 7 heteroatoms. The van der Waals surface area contributed by atoms with Crippen molar-refractivity contribution in [2.75, 3.05) is 5.32 Å². The minimum absolute atomic E-state index is 0.432. The maximum Gasteiger partial charge on any atom is 0.261 e. The van der Waals surface area contributed by atoms with E-state index in [2.05, 4.69) is 10.3 Å². The molecule has 0 atom stereocenters. The second kappa shape index (κ2) is 7.36. The lowest BCUT2D eigenvalue weighted by Crippen LogP contribution is -2.15. The molecule has 2 aromatic carbocycles. The lowest BCUT2D eigenvalue weighted by molar-refractivity contribution is 0.101. The summed E-state index contributed by atoms with van der Waals surface area (Å²) in [5, 5.41) is 4.50. The Labute approximate surface area is 163 Å². The van der Waals surface area contributed by atoms with Crippen LogP contribution in [0.15, 0.2) is 64.7 Å². The van der Waals surface area contributed by atoms with E-state index >= 15 is 0 Å². The topological polar surface area (TPSA) is 55.1 Å². The minimum Gasteiger partial charge on any atom is -0.444 e. The summed E-state index contributed by atoms with van der Waals surface area (Å²) in [5.74, 6) is -2.11. The van der Waals surface area contributed by atoms with E-state index in [0.717, 1.165) is 33.7 Å². The van der Waals surface area contributed by atoms with Crippen molar-refractivity contribution < 1.29 is 18.0 Å². The van der Waals surface area contributed by atoms with Gasteiger partial charge in [-0.05, 0) is 36.8 Å². The number of nitrogens with zero attached hydrogens (tertiary/aromatic N) is 1. The largest absolute Gasteiger partial charge is 0.444 e. The van der Waals surface area contributed by atoms with E-state index in [1.807, 2.05) is 24.4 Å². The second-order valence-electron chi connectivity index (χ2n) is 6.05. The molecule has 1 amide bonds. The van der Waals surface area contributed by atoms with E-state index < -0.39 is 23.1 Å². The highest BCUT2D eigenvalue weighted by Crippen LogP contribution is 2.38. The number of rotatable bonds is 4. The summed E-state index contributed by atoms with van der Waals surface area (Å²) in [6.07, 6.45) is 3.11. The van der Waals surface area contributed by atoms with Crippen LogP contribution in [-0.4, -0.2) is 10.9 Å². The number of hydrogen-bond donors (Lipinski definition) is 1. The van der Waals surface area contributed by atoms with Gasteiger partial charge in [-0.25, -0.2) is 13.8 Å². The lowest BCUT2D eigenvalue weighted by atomic mass is 10.0. The van der Waals surface area contributed by atoms with E-state index in [9.17, 15) is 13.6 Å². The molecule has 4 aromatic rings. The first kappa shape index (κ1) is 18.1. The zero-order valence-corrected chi connectivity index (χ0v) is 15.5. The molecule has 0 aliphatic heterocycles. The SMILES string of the molecule is Cc1scc(-c2ncco2)c1-c1ccc(NC(=O)c2c(F)cccc2F)cc1. The number of carbonyl (C=O) groups excluding carboxylic acids is 1. The maximum atomic E-state index is 13.8. The van der Waals surface area contributed by atoms with E-state index in [1.165, 1.54) is 12.3 Å². The van der Waals surface area contributed by atoms with E-state index in [4.69, 9.17) is 4.42 Å². The first-order valence-corrected chi connectivity index (χ1v) is 9.26. The van der Waals surface area contributed by atoms with Crippen LogP contribution in [0.25, 0.3) is 22.6 Å². The smallest absolute Gasteiger partial charge is 0.261 e. The van der Waals surface area contributed by atoms with Crippen LogP contribution in [0.1, 0.15) is 15.2 Å². The Morgan fingerprint density at radius 3 is 2.46 bits per heavy atom. The van der Waals surface area contributed by atoms with Crippen LogP contribution in [-0.2, 0) is 0 Å². The Kier molecular flexibility index (Phi) is 4.75. The van der Waals surface area contributed by atoms with Crippen molar-refractivity contribution in [2.24, 2.45) is 0 Å². The van der Waals surface area contributed by atoms with Crippen molar-refractivity contribution in [1.82, 2.24) is 4.98 Å². The zero-order chi connectivity index (χ0) is 19.7. The molecule has 140 valence electrons. The number of nitrogens with one attached hydrogen (secondary N) is 1. The third kappa shape index (κ3) is 3.32. The molecule has 0 unspecified atom stereocenters. The van der Waals surface area contributed by atoms with Crippen molar-refractivity contribution in [3.8, 4) is 22.6 Å². The van der Waals surface area contributed by atoms with Gasteiger partial charge in [0, 0.05) is 21.5 Å². The molecular weight excluding hydrogens is 382 g/mol. The molecule has 0 spiro atoms. The number of carbonyl (C=O) groups is 1. The molecule has 28 heavy (non-hydrogen) atoms. The Hall–Kier alpha value is -3.32. The van der Waals surface area contributed by atoms with Crippen molar-refractivity contribution in [2.45, 2.75) is 6.92 Å². The summed E-state index contributed by atoms with van der Waals surface area (Å²) in [6, 6.07) is 10.3. The van der Waals surface area contributed by atoms with E-state index in [1.54, 1.807) is 29.7 Å². The van der Waals surface area contributed by atoms with Crippen molar-refractivity contribution in [1.29, 1.82) is 0 Å². The van der Waals surface area contributed by atoms with Crippen LogP contribution in [0, 0.1) is 18.6 Å².